The van der Waals surface area contributed by atoms with Gasteiger partial charge in [-0.3, -0.25) is 33.6 Å². The molecule has 5 bridgehead atoms. The van der Waals surface area contributed by atoms with Crippen LogP contribution in [0, 0.1) is 41.8 Å². The zero-order valence-electron chi connectivity index (χ0n) is 63.5. The third-order valence-electron chi connectivity index (χ3n) is 22.3. The number of aromatic carboxylic acids is 1. The Labute approximate surface area is 630 Å². The first-order valence-corrected chi connectivity index (χ1v) is 37.0. The zero-order valence-corrected chi connectivity index (χ0v) is 63.5. The fourth-order valence-corrected chi connectivity index (χ4v) is 15.8. The minimum atomic E-state index is -2.20. The number of phenols is 1. The highest BCUT2D eigenvalue weighted by Gasteiger charge is 2.48. The number of fused-ring (bicyclic) bond motifs is 7. The van der Waals surface area contributed by atoms with Gasteiger partial charge >= 0.3 is 29.7 Å². The molecule has 15 atom stereocenters. The van der Waals surface area contributed by atoms with E-state index in [1.807, 2.05) is 11.9 Å². The standard InChI is InChI=1S/C79H95FN6O24/c1-35-17-14-19-46(40(6)106-77(100)78(9,10)31-54(89)90)65(92)37(3)64(91)38(4)69(107-42(8)87)36(2)51(108-55-30-53-71(41(7)105-55)103-34-102-53)22-26-104-79(11)74(96)58-56-57(66(93)39(5)70(58)110-79)68(95)61(83-75(35)97)72-60(56)82-59-50(88)27-43(28-52(59)109-72)81-23-16-24-84(12)45-18-15-25-85(32-45)63-49(80)29-47-62(73(63)101-13)86(44-20-21-44)33-48(67(47)94)76(98)99/h14,17,19,22,26-29,33,36-38,40-41,44-46,51,53,55,64-65,69,71,81,91-93,96H,15-16,18,20-21,23-25,30-32,34H2,1-13H3,(H,83,97)(H,89,90)(H,98,99)/b19-14+,26-22+,35-17-/t36-,37+,38-,40?,41-,45?,46-,51+,53+,55+,64-,65-,69-,71-,79+/m1/s1. The zero-order chi connectivity index (χ0) is 79.6. The van der Waals surface area contributed by atoms with Crippen LogP contribution in [0.5, 0.6) is 17.2 Å². The second kappa shape index (κ2) is 31.5. The summed E-state index contributed by atoms with van der Waals surface area (Å²) in [5, 5.41) is 74.4. The maximum absolute atomic E-state index is 16.4. The summed E-state index contributed by atoms with van der Waals surface area (Å²) in [5.74, 6) is -13.8. The Hall–Kier alpha value is -9.76. The Kier molecular flexibility index (Phi) is 22.9. The van der Waals surface area contributed by atoms with Gasteiger partial charge in [-0.1, -0.05) is 39.0 Å². The first kappa shape index (κ1) is 79.8. The average molecular weight is 1530 g/mol. The summed E-state index contributed by atoms with van der Waals surface area (Å²) >= 11 is 0. The van der Waals surface area contributed by atoms with E-state index in [0.717, 1.165) is 31.6 Å². The minimum absolute atomic E-state index is 0.0202. The summed E-state index contributed by atoms with van der Waals surface area (Å²) in [6, 6.07) is 3.73. The first-order valence-electron chi connectivity index (χ1n) is 37.0. The molecular weight excluding hydrogens is 1440 g/mol. The number of aliphatic hydroxyl groups is 3. The number of pyridine rings is 1. The van der Waals surface area contributed by atoms with Crippen LogP contribution in [0.15, 0.2) is 79.3 Å². The molecule has 4 aromatic carbocycles. The molecule has 592 valence electrons. The number of benzene rings is 4. The maximum Gasteiger partial charge on any atom is 0.341 e. The summed E-state index contributed by atoms with van der Waals surface area (Å²) in [6.07, 6.45) is 2.00. The van der Waals surface area contributed by atoms with E-state index in [4.69, 9.17) is 52.0 Å². The number of rotatable bonds is 18. The fraction of sp³-hybridized carbons (Fsp3) is 0.532. The molecule has 6 aliphatic rings. The number of carboxylic acids is 2. The molecule has 2 unspecified atom stereocenters. The number of halogens is 1. The summed E-state index contributed by atoms with van der Waals surface area (Å²) in [4.78, 5) is 118. The van der Waals surface area contributed by atoms with Crippen LogP contribution in [-0.4, -0.2) is 189 Å². The van der Waals surface area contributed by atoms with Gasteiger partial charge in [0.05, 0.1) is 77.2 Å². The van der Waals surface area contributed by atoms with E-state index in [9.17, 15) is 64.2 Å². The molecular formula is C79H95FN6O24. The molecule has 30 nitrogen and oxygen atoms in total. The summed E-state index contributed by atoms with van der Waals surface area (Å²) in [7, 11) is 3.34. The number of nitrogens with zero attached hydrogens (tertiary/aromatic N) is 4. The van der Waals surface area contributed by atoms with E-state index in [-0.39, 0.29) is 91.9 Å². The van der Waals surface area contributed by atoms with Crippen LogP contribution in [0.25, 0.3) is 49.6 Å². The summed E-state index contributed by atoms with van der Waals surface area (Å²) in [6.45, 7) is 17.9. The highest BCUT2D eigenvalue weighted by molar-refractivity contribution is 6.17. The highest BCUT2D eigenvalue weighted by atomic mass is 19.1. The van der Waals surface area contributed by atoms with Crippen LogP contribution in [0.1, 0.15) is 136 Å². The molecule has 6 aromatic rings. The number of aromatic nitrogens is 2. The van der Waals surface area contributed by atoms with Gasteiger partial charge in [-0.15, -0.1) is 0 Å². The molecule has 7 heterocycles. The van der Waals surface area contributed by atoms with Crippen molar-refractivity contribution in [2.75, 3.05) is 62.7 Å². The van der Waals surface area contributed by atoms with Crippen LogP contribution in [0.2, 0.25) is 0 Å². The number of ether oxygens (including phenoxy) is 9. The number of phenolic OH excluding ortho intramolecular Hbond substituents is 1. The van der Waals surface area contributed by atoms with Gasteiger partial charge in [0, 0.05) is 116 Å². The lowest BCUT2D eigenvalue weighted by Crippen LogP contribution is -2.50. The number of esters is 2. The largest absolute Gasteiger partial charge is 0.507 e. The van der Waals surface area contributed by atoms with Crippen molar-refractivity contribution in [1.29, 1.82) is 0 Å². The number of piperidine rings is 1. The number of carbonyl (C=O) groups excluding carboxylic acids is 3. The number of aromatic hydroxyl groups is 1. The van der Waals surface area contributed by atoms with Gasteiger partial charge in [0.1, 0.15) is 59.1 Å². The van der Waals surface area contributed by atoms with Crippen molar-refractivity contribution in [3.63, 3.8) is 0 Å². The third kappa shape index (κ3) is 15.4. The number of carbonyl (C=O) groups is 5. The van der Waals surface area contributed by atoms with Crippen LogP contribution < -0.4 is 46.5 Å². The molecule has 5 aliphatic heterocycles. The number of likely N-dealkylation sites (N-methyl/N-ethyl adjacent to an activating group) is 1. The van der Waals surface area contributed by atoms with Crippen molar-refractivity contribution in [2.45, 2.75) is 194 Å². The second-order valence-corrected chi connectivity index (χ2v) is 30.7. The van der Waals surface area contributed by atoms with E-state index in [1.54, 1.807) is 25.3 Å². The topological polar surface area (TPSA) is 403 Å². The first-order chi connectivity index (χ1) is 52.0. The number of aliphatic carboxylic acids is 1. The quantitative estimate of drug-likeness (QED) is 0.0174. The fourth-order valence-electron chi connectivity index (χ4n) is 15.8. The van der Waals surface area contributed by atoms with Crippen molar-refractivity contribution < 1.29 is 106 Å². The number of carboxylic acid groups (broad SMARTS) is 2. The molecule has 1 aliphatic carbocycles. The van der Waals surface area contributed by atoms with Gasteiger partial charge in [-0.2, -0.15) is 0 Å². The molecule has 2 aromatic heterocycles. The number of aliphatic hydroxyl groups excluding tert-OH is 3. The van der Waals surface area contributed by atoms with Crippen molar-refractivity contribution in [1.82, 2.24) is 14.5 Å². The van der Waals surface area contributed by atoms with Crippen molar-refractivity contribution in [2.24, 2.45) is 29.1 Å². The lowest BCUT2D eigenvalue weighted by atomic mass is 9.77. The van der Waals surface area contributed by atoms with Gasteiger partial charge in [0.25, 0.3) is 5.91 Å². The molecule has 3 saturated heterocycles. The van der Waals surface area contributed by atoms with Crippen molar-refractivity contribution >= 4 is 96.5 Å². The number of amides is 1. The summed E-state index contributed by atoms with van der Waals surface area (Å²) < 4.78 is 80.2. The van der Waals surface area contributed by atoms with E-state index >= 15 is 9.18 Å². The van der Waals surface area contributed by atoms with Gasteiger partial charge in [-0.25, -0.2) is 14.2 Å². The Morgan fingerprint density at radius 2 is 1.68 bits per heavy atom. The molecule has 1 saturated carbocycles. The molecule has 31 heteroatoms. The molecule has 4 fully saturated rings. The highest BCUT2D eigenvalue weighted by Crippen LogP contribution is 2.47. The maximum atomic E-state index is 16.4. The van der Waals surface area contributed by atoms with Crippen LogP contribution in [-0.2, 0) is 52.3 Å². The van der Waals surface area contributed by atoms with E-state index in [0.29, 0.717) is 44.5 Å². The van der Waals surface area contributed by atoms with Gasteiger partial charge < -0.3 is 103 Å². The molecule has 0 spiro atoms. The number of hydrogen-bond acceptors (Lipinski definition) is 26. The van der Waals surface area contributed by atoms with Crippen LogP contribution >= 0.6 is 0 Å². The number of nitrogens with one attached hydrogen (secondary N) is 2. The minimum Gasteiger partial charge on any atom is -0.507 e. The van der Waals surface area contributed by atoms with Crippen LogP contribution in [0.3, 0.4) is 0 Å². The monoisotopic (exact) mass is 1530 g/mol. The van der Waals surface area contributed by atoms with Crippen LogP contribution in [0.4, 0.5) is 21.5 Å². The predicted octanol–water partition coefficient (Wildman–Crippen LogP) is 8.12. The smallest absolute Gasteiger partial charge is 0.341 e. The Balaban J connectivity index is 0.908. The number of allylic oxidation sites excluding steroid dienone is 2. The van der Waals surface area contributed by atoms with Gasteiger partial charge in [-0.05, 0) is 99.4 Å². The predicted molar refractivity (Wildman–Crippen MR) is 399 cm³/mol. The third-order valence-corrected chi connectivity index (χ3v) is 22.3. The number of anilines is 3. The lowest BCUT2D eigenvalue weighted by molar-refractivity contribution is -0.246. The number of methoxy groups -OCH3 is 1. The Morgan fingerprint density at radius 1 is 0.945 bits per heavy atom. The van der Waals surface area contributed by atoms with E-state index in [2.05, 4.69) is 15.5 Å². The number of hydrogen-bond donors (Lipinski definition) is 8. The van der Waals surface area contributed by atoms with Gasteiger partial charge in [0.15, 0.2) is 40.3 Å². The lowest BCUT2D eigenvalue weighted by Gasteiger charge is -2.41. The molecule has 12 rings (SSSR count). The summed E-state index contributed by atoms with van der Waals surface area (Å²) in [5.41, 5.74) is -5.56. The molecule has 8 N–H and O–H groups in total. The molecule has 1 amide bonds. The molecule has 0 radical (unpaired) electrons. The Morgan fingerprint density at radius 3 is 2.37 bits per heavy atom. The van der Waals surface area contributed by atoms with Crippen molar-refractivity contribution in [3.8, 4) is 17.2 Å². The Bertz CT molecular complexity index is 5010. The van der Waals surface area contributed by atoms with E-state index in [1.165, 1.54) is 105 Å². The van der Waals surface area contributed by atoms with E-state index < -0.39 is 182 Å². The van der Waals surface area contributed by atoms with Gasteiger partial charge in [0.2, 0.25) is 16.3 Å². The van der Waals surface area contributed by atoms with Crippen molar-refractivity contribution in [3.05, 3.63) is 113 Å². The molecule has 110 heavy (non-hydrogen) atoms. The second-order valence-electron chi connectivity index (χ2n) is 30.7. The SMILES string of the molecule is COc1c(N2CCCC(N(C)CCCNc3cc(=O)c4nc5c(oc4c3)c3c(=O)c4c(O)c(C)c6c(c45)=C(O)[C@@](C)(O/C=C/[C@H](O[C@H]4C[C@@H]5OCO[C@@H]5[C@@H](C)O4)[C@@H](C)[C@@H](OC(C)=O)[C@H](C)[C@H](O)[C@H](C)[C@@H](O)[C@@H](C(C)OC(=O)C(C)(C)CC(=O)O)/C=C/C=C(/C)C(=O)N3)O6)C2)c(F)cc2c(=O)c(C(=O)O)cn(C3CC3)c12. The average Bonchev–Trinajstić information content (AvgIpc) is 1.49. The normalized spacial score (nSPS) is 28.3.